The molecule has 1 aromatic heterocycles. The third-order valence-corrected chi connectivity index (χ3v) is 4.27. The highest BCUT2D eigenvalue weighted by Gasteiger charge is 2.24. The quantitative estimate of drug-likeness (QED) is 0.812. The molecule has 6 heteroatoms. The van der Waals surface area contributed by atoms with Gasteiger partial charge in [-0.3, -0.25) is 0 Å². The van der Waals surface area contributed by atoms with Gasteiger partial charge in [0.25, 0.3) is 0 Å². The molecule has 1 fully saturated rings. The van der Waals surface area contributed by atoms with E-state index in [2.05, 4.69) is 16.9 Å². The van der Waals surface area contributed by atoms with Gasteiger partial charge in [0.2, 0.25) is 0 Å². The van der Waals surface area contributed by atoms with E-state index in [1.807, 2.05) is 4.57 Å². The first-order chi connectivity index (χ1) is 9.60. The molecule has 0 amide bonds. The molecule has 1 atom stereocenters. The van der Waals surface area contributed by atoms with Crippen LogP contribution in [0.4, 0.5) is 8.78 Å². The van der Waals surface area contributed by atoms with Gasteiger partial charge in [0, 0.05) is 18.7 Å². The van der Waals surface area contributed by atoms with E-state index in [4.69, 9.17) is 11.6 Å². The molecule has 0 spiro atoms. The summed E-state index contributed by atoms with van der Waals surface area (Å²) in [7, 11) is 2.07. The van der Waals surface area contributed by atoms with E-state index in [0.717, 1.165) is 25.5 Å². The van der Waals surface area contributed by atoms with Crippen molar-refractivity contribution >= 4 is 22.6 Å². The summed E-state index contributed by atoms with van der Waals surface area (Å²) in [6.45, 7) is 1.72. The van der Waals surface area contributed by atoms with Crippen LogP contribution in [0.3, 0.4) is 0 Å². The van der Waals surface area contributed by atoms with Crippen LogP contribution in [0, 0.1) is 11.6 Å². The molecule has 1 aliphatic rings. The SMILES string of the molecule is CN1CCCC1Cn1c(CCl)nc2c(F)cc(F)cc21. The van der Waals surface area contributed by atoms with Crippen LogP contribution in [0.25, 0.3) is 11.0 Å². The molecule has 1 aromatic carbocycles. The molecule has 108 valence electrons. The van der Waals surface area contributed by atoms with E-state index in [0.29, 0.717) is 23.9 Å². The third-order valence-electron chi connectivity index (χ3n) is 4.04. The summed E-state index contributed by atoms with van der Waals surface area (Å²) < 4.78 is 29.1. The number of rotatable bonds is 3. The lowest BCUT2D eigenvalue weighted by Crippen LogP contribution is -2.29. The number of aromatic nitrogens is 2. The van der Waals surface area contributed by atoms with Crippen LogP contribution in [0.5, 0.6) is 0 Å². The number of alkyl halides is 1. The topological polar surface area (TPSA) is 21.1 Å². The number of benzene rings is 1. The van der Waals surface area contributed by atoms with Crippen LogP contribution >= 0.6 is 11.6 Å². The molecule has 1 unspecified atom stereocenters. The van der Waals surface area contributed by atoms with Crippen molar-refractivity contribution in [2.75, 3.05) is 13.6 Å². The lowest BCUT2D eigenvalue weighted by molar-refractivity contribution is 0.282. The Bertz CT molecular complexity index is 641. The van der Waals surface area contributed by atoms with Gasteiger partial charge in [-0.15, -0.1) is 11.6 Å². The number of nitrogens with zero attached hydrogens (tertiary/aromatic N) is 3. The fourth-order valence-corrected chi connectivity index (χ4v) is 3.13. The van der Waals surface area contributed by atoms with E-state index in [1.165, 1.54) is 6.07 Å². The maximum absolute atomic E-state index is 13.8. The zero-order valence-corrected chi connectivity index (χ0v) is 12.0. The van der Waals surface area contributed by atoms with Crippen molar-refractivity contribution in [2.45, 2.75) is 31.3 Å². The van der Waals surface area contributed by atoms with Crippen molar-refractivity contribution in [1.82, 2.24) is 14.5 Å². The average Bonchev–Trinajstić information content (AvgIpc) is 2.95. The van der Waals surface area contributed by atoms with Crippen LogP contribution in [-0.4, -0.2) is 34.1 Å². The zero-order valence-electron chi connectivity index (χ0n) is 11.2. The Morgan fingerprint density at radius 1 is 1.40 bits per heavy atom. The van der Waals surface area contributed by atoms with Crippen molar-refractivity contribution in [3.8, 4) is 0 Å². The second-order valence-corrected chi connectivity index (χ2v) is 5.57. The van der Waals surface area contributed by atoms with Crippen LogP contribution in [0.15, 0.2) is 12.1 Å². The van der Waals surface area contributed by atoms with Gasteiger partial charge in [-0.05, 0) is 32.5 Å². The lowest BCUT2D eigenvalue weighted by Gasteiger charge is -2.21. The number of hydrogen-bond acceptors (Lipinski definition) is 2. The van der Waals surface area contributed by atoms with Gasteiger partial charge in [-0.25, -0.2) is 13.8 Å². The fraction of sp³-hybridized carbons (Fsp3) is 0.500. The van der Waals surface area contributed by atoms with Crippen molar-refractivity contribution in [2.24, 2.45) is 0 Å². The van der Waals surface area contributed by atoms with Crippen LogP contribution in [-0.2, 0) is 12.4 Å². The van der Waals surface area contributed by atoms with Crippen LogP contribution < -0.4 is 0 Å². The number of imidazole rings is 1. The average molecular weight is 300 g/mol. The molecule has 2 aromatic rings. The van der Waals surface area contributed by atoms with E-state index >= 15 is 0 Å². The largest absolute Gasteiger partial charge is 0.325 e. The molecule has 20 heavy (non-hydrogen) atoms. The van der Waals surface area contributed by atoms with Crippen molar-refractivity contribution < 1.29 is 8.78 Å². The van der Waals surface area contributed by atoms with E-state index < -0.39 is 11.6 Å². The minimum atomic E-state index is -0.634. The van der Waals surface area contributed by atoms with Crippen molar-refractivity contribution in [3.63, 3.8) is 0 Å². The first-order valence-electron chi connectivity index (χ1n) is 6.70. The Hall–Kier alpha value is -1.20. The van der Waals surface area contributed by atoms with E-state index in [9.17, 15) is 8.78 Å². The van der Waals surface area contributed by atoms with Gasteiger partial charge in [-0.1, -0.05) is 0 Å². The third kappa shape index (κ3) is 2.29. The van der Waals surface area contributed by atoms with Gasteiger partial charge in [0.05, 0.1) is 11.4 Å². The highest BCUT2D eigenvalue weighted by Crippen LogP contribution is 2.25. The first kappa shape index (κ1) is 13.8. The Balaban J connectivity index is 2.07. The summed E-state index contributed by atoms with van der Waals surface area (Å²) in [5.41, 5.74) is 0.682. The monoisotopic (exact) mass is 299 g/mol. The molecule has 0 aliphatic carbocycles. The summed E-state index contributed by atoms with van der Waals surface area (Å²) in [6, 6.07) is 2.55. The molecule has 0 bridgehead atoms. The smallest absolute Gasteiger partial charge is 0.153 e. The Morgan fingerprint density at radius 3 is 2.85 bits per heavy atom. The Morgan fingerprint density at radius 2 is 2.20 bits per heavy atom. The summed E-state index contributed by atoms with van der Waals surface area (Å²) in [6.07, 6.45) is 2.22. The predicted octanol–water partition coefficient (Wildman–Crippen LogP) is 3.15. The van der Waals surface area contributed by atoms with E-state index in [1.54, 1.807) is 0 Å². The second kappa shape index (κ2) is 5.30. The molecule has 1 aliphatic heterocycles. The summed E-state index contributed by atoms with van der Waals surface area (Å²) in [5, 5.41) is 0. The van der Waals surface area contributed by atoms with Gasteiger partial charge >= 0.3 is 0 Å². The molecule has 1 saturated heterocycles. The highest BCUT2D eigenvalue weighted by molar-refractivity contribution is 6.16. The molecule has 3 nitrogen and oxygen atoms in total. The summed E-state index contributed by atoms with van der Waals surface area (Å²) in [5.74, 6) is -0.444. The molecule has 2 heterocycles. The van der Waals surface area contributed by atoms with E-state index in [-0.39, 0.29) is 11.4 Å². The predicted molar refractivity (Wildman–Crippen MR) is 74.9 cm³/mol. The van der Waals surface area contributed by atoms with Gasteiger partial charge in [-0.2, -0.15) is 0 Å². The lowest BCUT2D eigenvalue weighted by atomic mass is 10.2. The standard InChI is InChI=1S/C14H16ClF2N3/c1-19-4-2-3-10(19)8-20-12-6-9(16)5-11(17)14(12)18-13(20)7-15/h5-6,10H,2-4,7-8H2,1H3. The molecular formula is C14H16ClF2N3. The zero-order chi connectivity index (χ0) is 14.3. The van der Waals surface area contributed by atoms with Crippen molar-refractivity contribution in [3.05, 3.63) is 29.6 Å². The number of fused-ring (bicyclic) bond motifs is 1. The first-order valence-corrected chi connectivity index (χ1v) is 7.24. The number of halogens is 3. The number of likely N-dealkylation sites (N-methyl/N-ethyl adjacent to an activating group) is 1. The minimum absolute atomic E-state index is 0.187. The minimum Gasteiger partial charge on any atom is -0.325 e. The van der Waals surface area contributed by atoms with Gasteiger partial charge in [0.1, 0.15) is 17.2 Å². The van der Waals surface area contributed by atoms with Crippen LogP contribution in [0.2, 0.25) is 0 Å². The Labute approximate surface area is 121 Å². The maximum Gasteiger partial charge on any atom is 0.153 e. The molecule has 3 rings (SSSR count). The maximum atomic E-state index is 13.8. The molecule has 0 saturated carbocycles. The molecule has 0 N–H and O–H groups in total. The summed E-state index contributed by atoms with van der Waals surface area (Å²) >= 11 is 5.90. The Kier molecular flexibility index (Phi) is 3.65. The highest BCUT2D eigenvalue weighted by atomic mass is 35.5. The fourth-order valence-electron chi connectivity index (χ4n) is 2.92. The number of hydrogen-bond donors (Lipinski definition) is 0. The van der Waals surface area contributed by atoms with Crippen LogP contribution in [0.1, 0.15) is 18.7 Å². The second-order valence-electron chi connectivity index (χ2n) is 5.30. The van der Waals surface area contributed by atoms with Gasteiger partial charge < -0.3 is 9.47 Å². The van der Waals surface area contributed by atoms with Crippen molar-refractivity contribution in [1.29, 1.82) is 0 Å². The summed E-state index contributed by atoms with van der Waals surface area (Å²) in [4.78, 5) is 6.47. The van der Waals surface area contributed by atoms with Gasteiger partial charge in [0.15, 0.2) is 5.82 Å². The molecular weight excluding hydrogens is 284 g/mol. The number of likely N-dealkylation sites (tertiary alicyclic amines) is 1. The normalized spacial score (nSPS) is 20.1. The molecule has 0 radical (unpaired) electrons.